The third-order valence-corrected chi connectivity index (χ3v) is 2.64. The fourth-order valence-electron chi connectivity index (χ4n) is 1.86. The largest absolute Gasteiger partial charge is 0.505 e. The van der Waals surface area contributed by atoms with Gasteiger partial charge in [-0.2, -0.15) is 0 Å². The minimum atomic E-state index is 0.269. The van der Waals surface area contributed by atoms with Crippen molar-refractivity contribution in [2.45, 2.75) is 19.4 Å². The molecule has 2 rings (SSSR count). The summed E-state index contributed by atoms with van der Waals surface area (Å²) < 4.78 is 0. The Morgan fingerprint density at radius 2 is 2.31 bits per heavy atom. The molecule has 4 N–H and O–H groups in total. The van der Waals surface area contributed by atoms with E-state index in [0.717, 1.165) is 24.1 Å². The van der Waals surface area contributed by atoms with Gasteiger partial charge in [0.15, 0.2) is 0 Å². The Labute approximate surface area is 77.6 Å². The van der Waals surface area contributed by atoms with Gasteiger partial charge in [0.2, 0.25) is 0 Å². The Hall–Kier alpha value is -1.22. The van der Waals surface area contributed by atoms with E-state index in [1.165, 1.54) is 0 Å². The molecule has 0 aromatic heterocycles. The Balaban J connectivity index is 2.56. The fourth-order valence-corrected chi connectivity index (χ4v) is 1.86. The lowest BCUT2D eigenvalue weighted by molar-refractivity contribution is 0.455. The summed E-state index contributed by atoms with van der Waals surface area (Å²) in [6.07, 6.45) is 0.858. The third kappa shape index (κ3) is 1.25. The number of hydrogen-bond donors (Lipinski definition) is 3. The number of hydrogen-bond acceptors (Lipinski definition) is 3. The number of fused-ring (bicyclic) bond motifs is 1. The molecule has 0 aliphatic carbocycles. The number of nitrogen functional groups attached to an aromatic ring is 1. The van der Waals surface area contributed by atoms with Crippen molar-refractivity contribution in [2.24, 2.45) is 0 Å². The standard InChI is InChI=1S/C10H14N2O/c1-6-7-2-3-9(11)10(13)8(7)4-5-12-6/h2-3,6,12-13H,4-5,11H2,1H3. The second-order valence-corrected chi connectivity index (χ2v) is 3.50. The molecule has 0 radical (unpaired) electrons. The van der Waals surface area contributed by atoms with E-state index in [0.29, 0.717) is 11.7 Å². The summed E-state index contributed by atoms with van der Waals surface area (Å²) in [6.45, 7) is 3.00. The van der Waals surface area contributed by atoms with Crippen LogP contribution in [0.4, 0.5) is 5.69 Å². The molecule has 70 valence electrons. The van der Waals surface area contributed by atoms with E-state index in [1.54, 1.807) is 6.07 Å². The molecular weight excluding hydrogens is 164 g/mol. The smallest absolute Gasteiger partial charge is 0.142 e. The van der Waals surface area contributed by atoms with E-state index < -0.39 is 0 Å². The van der Waals surface area contributed by atoms with Gasteiger partial charge in [-0.05, 0) is 31.5 Å². The maximum absolute atomic E-state index is 9.71. The summed E-state index contributed by atoms with van der Waals surface area (Å²) in [5, 5.41) is 13.0. The minimum absolute atomic E-state index is 0.269. The van der Waals surface area contributed by atoms with Crippen molar-refractivity contribution in [2.75, 3.05) is 12.3 Å². The minimum Gasteiger partial charge on any atom is -0.505 e. The number of phenols is 1. The van der Waals surface area contributed by atoms with Crippen molar-refractivity contribution in [3.05, 3.63) is 23.3 Å². The van der Waals surface area contributed by atoms with E-state index in [9.17, 15) is 5.11 Å². The van der Waals surface area contributed by atoms with Gasteiger partial charge in [0.1, 0.15) is 5.75 Å². The monoisotopic (exact) mass is 178 g/mol. The summed E-state index contributed by atoms with van der Waals surface area (Å²) in [5.74, 6) is 0.269. The number of phenolic OH excluding ortho intramolecular Hbond substituents is 1. The highest BCUT2D eigenvalue weighted by Gasteiger charge is 2.19. The average Bonchev–Trinajstić information content (AvgIpc) is 2.12. The Morgan fingerprint density at radius 1 is 1.54 bits per heavy atom. The van der Waals surface area contributed by atoms with Gasteiger partial charge in [0.25, 0.3) is 0 Å². The lowest BCUT2D eigenvalue weighted by Crippen LogP contribution is -2.27. The van der Waals surface area contributed by atoms with Crippen molar-refractivity contribution in [3.63, 3.8) is 0 Å². The zero-order valence-electron chi connectivity index (χ0n) is 7.67. The van der Waals surface area contributed by atoms with E-state index in [4.69, 9.17) is 5.73 Å². The molecular formula is C10H14N2O. The normalized spacial score (nSPS) is 21.2. The quantitative estimate of drug-likeness (QED) is 0.413. The van der Waals surface area contributed by atoms with Crippen LogP contribution in [0.15, 0.2) is 12.1 Å². The van der Waals surface area contributed by atoms with Crippen molar-refractivity contribution in [1.82, 2.24) is 5.32 Å². The summed E-state index contributed by atoms with van der Waals surface area (Å²) in [7, 11) is 0. The van der Waals surface area contributed by atoms with Crippen LogP contribution >= 0.6 is 0 Å². The molecule has 3 heteroatoms. The first kappa shape index (κ1) is 8.38. The molecule has 1 aliphatic rings. The summed E-state index contributed by atoms with van der Waals surface area (Å²) in [4.78, 5) is 0. The van der Waals surface area contributed by atoms with Crippen molar-refractivity contribution >= 4 is 5.69 Å². The van der Waals surface area contributed by atoms with Crippen LogP contribution in [0.1, 0.15) is 24.1 Å². The van der Waals surface area contributed by atoms with Gasteiger partial charge in [0.05, 0.1) is 5.69 Å². The Kier molecular flexibility index (Phi) is 1.88. The molecule has 1 unspecified atom stereocenters. The number of nitrogens with one attached hydrogen (secondary N) is 1. The van der Waals surface area contributed by atoms with Crippen LogP contribution in [-0.2, 0) is 6.42 Å². The first-order chi connectivity index (χ1) is 6.20. The molecule has 1 atom stereocenters. The number of nitrogens with two attached hydrogens (primary N) is 1. The fraction of sp³-hybridized carbons (Fsp3) is 0.400. The van der Waals surface area contributed by atoms with Gasteiger partial charge in [-0.25, -0.2) is 0 Å². The van der Waals surface area contributed by atoms with Gasteiger partial charge >= 0.3 is 0 Å². The molecule has 1 aromatic carbocycles. The molecule has 1 heterocycles. The molecule has 0 spiro atoms. The molecule has 1 aromatic rings. The highest BCUT2D eigenvalue weighted by molar-refractivity contribution is 5.59. The van der Waals surface area contributed by atoms with Gasteiger partial charge in [0, 0.05) is 11.6 Å². The van der Waals surface area contributed by atoms with Crippen LogP contribution in [0, 0.1) is 0 Å². The third-order valence-electron chi connectivity index (χ3n) is 2.64. The molecule has 0 saturated heterocycles. The van der Waals surface area contributed by atoms with Crippen molar-refractivity contribution in [3.8, 4) is 5.75 Å². The second-order valence-electron chi connectivity index (χ2n) is 3.50. The van der Waals surface area contributed by atoms with E-state index in [1.807, 2.05) is 6.07 Å². The SMILES string of the molecule is CC1NCCc2c1ccc(N)c2O. The van der Waals surface area contributed by atoms with Crippen molar-refractivity contribution < 1.29 is 5.11 Å². The van der Waals surface area contributed by atoms with E-state index in [2.05, 4.69) is 12.2 Å². The highest BCUT2D eigenvalue weighted by Crippen LogP contribution is 2.33. The summed E-state index contributed by atoms with van der Waals surface area (Å²) in [6, 6.07) is 4.06. The molecule has 0 fully saturated rings. The predicted octanol–water partition coefficient (Wildman–Crippen LogP) is 1.18. The zero-order valence-corrected chi connectivity index (χ0v) is 7.67. The van der Waals surface area contributed by atoms with Gasteiger partial charge < -0.3 is 16.2 Å². The highest BCUT2D eigenvalue weighted by atomic mass is 16.3. The van der Waals surface area contributed by atoms with E-state index in [-0.39, 0.29) is 5.75 Å². The lowest BCUT2D eigenvalue weighted by Gasteiger charge is -2.24. The van der Waals surface area contributed by atoms with Crippen LogP contribution in [-0.4, -0.2) is 11.7 Å². The first-order valence-corrected chi connectivity index (χ1v) is 4.53. The first-order valence-electron chi connectivity index (χ1n) is 4.53. The Bertz CT molecular complexity index is 336. The molecule has 0 amide bonds. The zero-order chi connectivity index (χ0) is 9.42. The number of benzene rings is 1. The topological polar surface area (TPSA) is 58.3 Å². The molecule has 0 saturated carbocycles. The number of anilines is 1. The van der Waals surface area contributed by atoms with Crippen molar-refractivity contribution in [1.29, 1.82) is 0 Å². The van der Waals surface area contributed by atoms with Crippen LogP contribution in [0.5, 0.6) is 5.75 Å². The van der Waals surface area contributed by atoms with Crippen LogP contribution in [0.3, 0.4) is 0 Å². The van der Waals surface area contributed by atoms with Crippen LogP contribution in [0.25, 0.3) is 0 Å². The summed E-state index contributed by atoms with van der Waals surface area (Å²) in [5.41, 5.74) is 8.27. The van der Waals surface area contributed by atoms with Gasteiger partial charge in [-0.15, -0.1) is 0 Å². The maximum atomic E-state index is 9.71. The molecule has 1 aliphatic heterocycles. The lowest BCUT2D eigenvalue weighted by atomic mass is 9.94. The second kappa shape index (κ2) is 2.92. The predicted molar refractivity (Wildman–Crippen MR) is 52.6 cm³/mol. The van der Waals surface area contributed by atoms with E-state index >= 15 is 0 Å². The average molecular weight is 178 g/mol. The number of aromatic hydroxyl groups is 1. The Morgan fingerprint density at radius 3 is 3.08 bits per heavy atom. The van der Waals surface area contributed by atoms with Crippen LogP contribution < -0.4 is 11.1 Å². The number of rotatable bonds is 0. The molecule has 3 nitrogen and oxygen atoms in total. The maximum Gasteiger partial charge on any atom is 0.142 e. The molecule has 13 heavy (non-hydrogen) atoms. The summed E-state index contributed by atoms with van der Waals surface area (Å²) >= 11 is 0. The van der Waals surface area contributed by atoms with Crippen LogP contribution in [0.2, 0.25) is 0 Å². The van der Waals surface area contributed by atoms with Gasteiger partial charge in [-0.1, -0.05) is 6.07 Å². The van der Waals surface area contributed by atoms with Gasteiger partial charge in [-0.3, -0.25) is 0 Å². The molecule has 0 bridgehead atoms.